The van der Waals surface area contributed by atoms with Gasteiger partial charge in [0.15, 0.2) is 0 Å². The van der Waals surface area contributed by atoms with Crippen LogP contribution in [0.5, 0.6) is 0 Å². The van der Waals surface area contributed by atoms with Gasteiger partial charge >= 0.3 is 0 Å². The minimum Gasteiger partial charge on any atom is -0.353 e. The minimum absolute atomic E-state index is 0.181. The molecule has 0 aliphatic heterocycles. The molecule has 0 fully saturated rings. The van der Waals surface area contributed by atoms with Crippen molar-refractivity contribution in [3.63, 3.8) is 0 Å². The number of aromatic amines is 1. The summed E-state index contributed by atoms with van der Waals surface area (Å²) in [6.07, 6.45) is 7.81. The van der Waals surface area contributed by atoms with Crippen molar-refractivity contribution in [2.75, 3.05) is 11.9 Å². The van der Waals surface area contributed by atoms with Gasteiger partial charge in [0.05, 0.1) is 23.7 Å². The summed E-state index contributed by atoms with van der Waals surface area (Å²) in [5.41, 5.74) is 4.07. The van der Waals surface area contributed by atoms with E-state index in [0.717, 1.165) is 33.5 Å². The normalized spacial score (nSPS) is 11.5. The van der Waals surface area contributed by atoms with Gasteiger partial charge in [-0.3, -0.25) is 4.68 Å². The summed E-state index contributed by atoms with van der Waals surface area (Å²) in [5.74, 6) is 0.492. The van der Waals surface area contributed by atoms with E-state index in [9.17, 15) is 0 Å². The maximum absolute atomic E-state index is 8.73. The second-order valence-corrected chi connectivity index (χ2v) is 7.75. The van der Waals surface area contributed by atoms with Gasteiger partial charge in [-0.25, -0.2) is 15.0 Å². The Morgan fingerprint density at radius 1 is 1.24 bits per heavy atom. The first kappa shape index (κ1) is 18.6. The van der Waals surface area contributed by atoms with E-state index in [1.165, 1.54) is 0 Å². The highest BCUT2D eigenvalue weighted by atomic mass is 15.3. The fourth-order valence-corrected chi connectivity index (χ4v) is 3.01. The first-order valence-corrected chi connectivity index (χ1v) is 9.43. The number of hydrogen-bond acceptors (Lipinski definition) is 6. The molecule has 0 bridgehead atoms. The van der Waals surface area contributed by atoms with E-state index < -0.39 is 0 Å². The first-order chi connectivity index (χ1) is 14.0. The molecule has 29 heavy (non-hydrogen) atoms. The van der Waals surface area contributed by atoms with Crippen molar-refractivity contribution in [3.05, 3.63) is 43.0 Å². The van der Waals surface area contributed by atoms with E-state index >= 15 is 0 Å². The molecule has 4 aromatic rings. The lowest BCUT2D eigenvalue weighted by Crippen LogP contribution is -2.22. The molecule has 0 aromatic carbocycles. The summed E-state index contributed by atoms with van der Waals surface area (Å²) in [6, 6.07) is 8.04. The fourth-order valence-electron chi connectivity index (χ4n) is 3.01. The highest BCUT2D eigenvalue weighted by Crippen LogP contribution is 2.33. The Kier molecular flexibility index (Phi) is 4.72. The van der Waals surface area contributed by atoms with Crippen molar-refractivity contribution in [1.29, 1.82) is 5.26 Å². The molecule has 0 atom stereocenters. The van der Waals surface area contributed by atoms with Gasteiger partial charge < -0.3 is 10.3 Å². The van der Waals surface area contributed by atoms with Crippen LogP contribution in [-0.2, 0) is 5.54 Å². The Bertz CT molecular complexity index is 1190. The number of nitrogens with one attached hydrogen (secondary N) is 2. The first-order valence-electron chi connectivity index (χ1n) is 9.43. The summed E-state index contributed by atoms with van der Waals surface area (Å²) >= 11 is 0. The van der Waals surface area contributed by atoms with Crippen LogP contribution in [0.3, 0.4) is 0 Å². The zero-order valence-electron chi connectivity index (χ0n) is 16.6. The lowest BCUT2D eigenvalue weighted by molar-refractivity contribution is 0.356. The summed E-state index contributed by atoms with van der Waals surface area (Å²) in [4.78, 5) is 16.5. The molecule has 0 aliphatic carbocycles. The van der Waals surface area contributed by atoms with Crippen LogP contribution in [0.2, 0.25) is 0 Å². The van der Waals surface area contributed by atoms with Crippen molar-refractivity contribution in [1.82, 2.24) is 29.7 Å². The second-order valence-electron chi connectivity index (χ2n) is 7.75. The molecule has 4 rings (SSSR count). The van der Waals surface area contributed by atoms with E-state index in [4.69, 9.17) is 10.4 Å². The zero-order chi connectivity index (χ0) is 20.4. The maximum Gasteiger partial charge on any atom is 0.223 e. The van der Waals surface area contributed by atoms with Crippen LogP contribution in [0, 0.1) is 11.3 Å². The molecule has 0 aliphatic rings. The lowest BCUT2D eigenvalue weighted by atomic mass is 10.1. The molecule has 8 heteroatoms. The van der Waals surface area contributed by atoms with Crippen molar-refractivity contribution in [2.45, 2.75) is 32.7 Å². The summed E-state index contributed by atoms with van der Waals surface area (Å²) in [5, 5.41) is 17.7. The second kappa shape index (κ2) is 7.36. The number of pyridine rings is 1. The summed E-state index contributed by atoms with van der Waals surface area (Å²) < 4.78 is 1.95. The lowest BCUT2D eigenvalue weighted by Gasteiger charge is -2.18. The third kappa shape index (κ3) is 3.80. The van der Waals surface area contributed by atoms with Gasteiger partial charge in [0.1, 0.15) is 11.3 Å². The smallest absolute Gasteiger partial charge is 0.223 e. The van der Waals surface area contributed by atoms with Crippen molar-refractivity contribution >= 4 is 17.0 Å². The molecule has 4 heterocycles. The third-order valence-corrected chi connectivity index (χ3v) is 4.53. The van der Waals surface area contributed by atoms with Gasteiger partial charge in [-0.15, -0.1) is 0 Å². The van der Waals surface area contributed by atoms with Gasteiger partial charge in [-0.05, 0) is 39.0 Å². The van der Waals surface area contributed by atoms with E-state index in [1.807, 2.05) is 35.4 Å². The number of nitriles is 1. The van der Waals surface area contributed by atoms with Gasteiger partial charge in [0.25, 0.3) is 0 Å². The number of aromatic nitrogens is 6. The zero-order valence-corrected chi connectivity index (χ0v) is 16.6. The van der Waals surface area contributed by atoms with Crippen molar-refractivity contribution in [3.8, 4) is 28.6 Å². The van der Waals surface area contributed by atoms with Crippen LogP contribution >= 0.6 is 0 Å². The Labute approximate surface area is 168 Å². The number of fused-ring (bicyclic) bond motifs is 1. The van der Waals surface area contributed by atoms with E-state index in [0.29, 0.717) is 18.9 Å². The molecule has 0 spiro atoms. The highest BCUT2D eigenvalue weighted by molar-refractivity contribution is 5.85. The van der Waals surface area contributed by atoms with Crippen molar-refractivity contribution in [2.24, 2.45) is 0 Å². The maximum atomic E-state index is 8.73. The average molecular weight is 386 g/mol. The average Bonchev–Trinajstić information content (AvgIpc) is 3.35. The quantitative estimate of drug-likeness (QED) is 0.503. The number of nitrogens with zero attached hydrogens (tertiary/aromatic N) is 6. The number of hydrogen-bond donors (Lipinski definition) is 2. The SMILES string of the molecule is CC(C)(C)n1cc(-c2ccnc(NCCC#N)n2)c(-c2cnc3[nH]ccc3c2)n1. The number of anilines is 1. The molecule has 0 amide bonds. The van der Waals surface area contributed by atoms with Crippen LogP contribution < -0.4 is 5.32 Å². The Morgan fingerprint density at radius 3 is 2.90 bits per heavy atom. The van der Waals surface area contributed by atoms with E-state index in [-0.39, 0.29) is 5.54 Å². The van der Waals surface area contributed by atoms with Crippen LogP contribution in [0.1, 0.15) is 27.2 Å². The van der Waals surface area contributed by atoms with Crippen LogP contribution in [0.25, 0.3) is 33.5 Å². The molecule has 0 saturated heterocycles. The minimum atomic E-state index is -0.181. The van der Waals surface area contributed by atoms with Gasteiger partial charge in [-0.2, -0.15) is 10.4 Å². The van der Waals surface area contributed by atoms with Crippen LogP contribution in [0.4, 0.5) is 5.95 Å². The Morgan fingerprint density at radius 2 is 2.10 bits per heavy atom. The molecule has 2 N–H and O–H groups in total. The Balaban J connectivity index is 1.81. The van der Waals surface area contributed by atoms with Gasteiger partial charge in [0.2, 0.25) is 5.95 Å². The molecule has 146 valence electrons. The molecule has 0 saturated carbocycles. The van der Waals surface area contributed by atoms with E-state index in [1.54, 1.807) is 6.20 Å². The highest BCUT2D eigenvalue weighted by Gasteiger charge is 2.21. The van der Waals surface area contributed by atoms with Gasteiger partial charge in [-0.1, -0.05) is 0 Å². The molecule has 0 radical (unpaired) electrons. The van der Waals surface area contributed by atoms with Crippen molar-refractivity contribution < 1.29 is 0 Å². The number of rotatable bonds is 5. The molecule has 4 aromatic heterocycles. The third-order valence-electron chi connectivity index (χ3n) is 4.53. The molecule has 8 nitrogen and oxygen atoms in total. The molecular weight excluding hydrogens is 364 g/mol. The van der Waals surface area contributed by atoms with E-state index in [2.05, 4.69) is 58.2 Å². The summed E-state index contributed by atoms with van der Waals surface area (Å²) in [7, 11) is 0. The predicted octanol–water partition coefficient (Wildman–Crippen LogP) is 3.96. The monoisotopic (exact) mass is 386 g/mol. The Hall–Kier alpha value is -3.73. The standard InChI is InChI=1S/C21H22N8/c1-21(2,3)29-13-16(17-6-10-25-20(27-17)24-8-4-7-22)18(28-29)15-11-14-5-9-23-19(14)26-12-15/h5-6,9-13H,4,8H2,1-3H3,(H,23,26)(H,24,25,27). The largest absolute Gasteiger partial charge is 0.353 e. The van der Waals surface area contributed by atoms with Crippen LogP contribution in [-0.4, -0.2) is 36.3 Å². The molecular formula is C21H22N8. The van der Waals surface area contributed by atoms with Crippen LogP contribution in [0.15, 0.2) is 43.0 Å². The number of H-pyrrole nitrogens is 1. The topological polar surface area (TPSA) is 108 Å². The fraction of sp³-hybridized carbons (Fsp3) is 0.286. The summed E-state index contributed by atoms with van der Waals surface area (Å²) in [6.45, 7) is 6.82. The predicted molar refractivity (Wildman–Crippen MR) is 112 cm³/mol. The van der Waals surface area contributed by atoms with Gasteiger partial charge in [0, 0.05) is 47.8 Å². The molecule has 0 unspecified atom stereocenters.